The number of halogens is 1. The van der Waals surface area contributed by atoms with Gasteiger partial charge in [0.05, 0.1) is 31.6 Å². The summed E-state index contributed by atoms with van der Waals surface area (Å²) in [6, 6.07) is -0.110. The molecular formula is C10H16BrN3O3. The molecule has 1 aromatic rings. The lowest BCUT2D eigenvalue weighted by Gasteiger charge is -2.16. The third-order valence-corrected chi connectivity index (χ3v) is 3.14. The Kier molecular flexibility index (Phi) is 5.60. The van der Waals surface area contributed by atoms with Crippen molar-refractivity contribution in [3.05, 3.63) is 21.0 Å². The molecule has 0 aromatic carbocycles. The third-order valence-electron chi connectivity index (χ3n) is 2.37. The van der Waals surface area contributed by atoms with E-state index >= 15 is 0 Å². The summed E-state index contributed by atoms with van der Waals surface area (Å²) in [6.45, 7) is 1.94. The second-order valence-corrected chi connectivity index (χ2v) is 4.35. The fourth-order valence-corrected chi connectivity index (χ4v) is 1.74. The molecule has 1 unspecified atom stereocenters. The number of hydrogen-bond acceptors (Lipinski definition) is 5. The Labute approximate surface area is 107 Å². The minimum Gasteiger partial charge on any atom is -0.394 e. The number of aliphatic hydroxyl groups is 2. The molecule has 0 radical (unpaired) electrons. The fourth-order valence-electron chi connectivity index (χ4n) is 1.32. The van der Waals surface area contributed by atoms with Crippen molar-refractivity contribution in [1.29, 1.82) is 0 Å². The molecule has 0 aliphatic rings. The maximum atomic E-state index is 11.8. The Balaban J connectivity index is 2.96. The number of aromatic nitrogens is 2. The SMILES string of the molecule is CCC(CO)Nc1cnn(CCO)c(=O)c1Br. The molecule has 7 heteroatoms. The molecular weight excluding hydrogens is 290 g/mol. The van der Waals surface area contributed by atoms with E-state index in [-0.39, 0.29) is 31.4 Å². The monoisotopic (exact) mass is 305 g/mol. The van der Waals surface area contributed by atoms with Crippen LogP contribution in [0.4, 0.5) is 5.69 Å². The van der Waals surface area contributed by atoms with Crippen LogP contribution in [0.2, 0.25) is 0 Å². The lowest BCUT2D eigenvalue weighted by atomic mass is 10.2. The van der Waals surface area contributed by atoms with E-state index in [9.17, 15) is 4.79 Å². The average molecular weight is 306 g/mol. The van der Waals surface area contributed by atoms with Gasteiger partial charge in [-0.15, -0.1) is 0 Å². The Bertz CT molecular complexity index is 418. The number of anilines is 1. The molecule has 0 amide bonds. The van der Waals surface area contributed by atoms with Crippen LogP contribution in [-0.4, -0.2) is 39.2 Å². The van der Waals surface area contributed by atoms with Crippen LogP contribution < -0.4 is 10.9 Å². The first-order valence-corrected chi connectivity index (χ1v) is 6.17. The minimum atomic E-state index is -0.308. The van der Waals surface area contributed by atoms with Gasteiger partial charge in [-0.1, -0.05) is 6.92 Å². The second-order valence-electron chi connectivity index (χ2n) is 3.56. The van der Waals surface area contributed by atoms with Crippen LogP contribution in [0, 0.1) is 0 Å². The molecule has 0 aliphatic heterocycles. The van der Waals surface area contributed by atoms with E-state index < -0.39 is 0 Å². The van der Waals surface area contributed by atoms with E-state index in [4.69, 9.17) is 10.2 Å². The zero-order valence-electron chi connectivity index (χ0n) is 9.56. The molecule has 1 rings (SSSR count). The Morgan fingerprint density at radius 1 is 1.59 bits per heavy atom. The predicted molar refractivity (Wildman–Crippen MR) is 68.1 cm³/mol. The van der Waals surface area contributed by atoms with Gasteiger partial charge in [0.15, 0.2) is 0 Å². The second kappa shape index (κ2) is 6.73. The fraction of sp³-hybridized carbons (Fsp3) is 0.600. The number of aliphatic hydroxyl groups excluding tert-OH is 2. The summed E-state index contributed by atoms with van der Waals surface area (Å²) in [4.78, 5) is 11.8. The van der Waals surface area contributed by atoms with Crippen molar-refractivity contribution >= 4 is 21.6 Å². The number of hydrogen-bond donors (Lipinski definition) is 3. The number of nitrogens with zero attached hydrogens (tertiary/aromatic N) is 2. The minimum absolute atomic E-state index is 0.0112. The van der Waals surface area contributed by atoms with Gasteiger partial charge in [-0.2, -0.15) is 5.10 Å². The summed E-state index contributed by atoms with van der Waals surface area (Å²) < 4.78 is 1.53. The quantitative estimate of drug-likeness (QED) is 0.698. The average Bonchev–Trinajstić information content (AvgIpc) is 2.34. The number of rotatable bonds is 6. The van der Waals surface area contributed by atoms with Crippen LogP contribution in [0.15, 0.2) is 15.5 Å². The van der Waals surface area contributed by atoms with Crippen LogP contribution in [0.3, 0.4) is 0 Å². The van der Waals surface area contributed by atoms with Crippen LogP contribution in [0.25, 0.3) is 0 Å². The summed E-state index contributed by atoms with van der Waals surface area (Å²) >= 11 is 3.19. The van der Waals surface area contributed by atoms with Crippen molar-refractivity contribution in [2.45, 2.75) is 25.9 Å². The highest BCUT2D eigenvalue weighted by Crippen LogP contribution is 2.17. The largest absolute Gasteiger partial charge is 0.394 e. The highest BCUT2D eigenvalue weighted by Gasteiger charge is 2.11. The highest BCUT2D eigenvalue weighted by molar-refractivity contribution is 9.10. The van der Waals surface area contributed by atoms with Gasteiger partial charge in [-0.3, -0.25) is 4.79 Å². The van der Waals surface area contributed by atoms with Crippen molar-refractivity contribution in [2.75, 3.05) is 18.5 Å². The van der Waals surface area contributed by atoms with E-state index in [1.54, 1.807) is 0 Å². The lowest BCUT2D eigenvalue weighted by Crippen LogP contribution is -2.28. The molecule has 3 N–H and O–H groups in total. The topological polar surface area (TPSA) is 87.4 Å². The van der Waals surface area contributed by atoms with E-state index in [2.05, 4.69) is 26.3 Å². The van der Waals surface area contributed by atoms with Gasteiger partial charge in [0, 0.05) is 6.04 Å². The maximum Gasteiger partial charge on any atom is 0.283 e. The Hall–Kier alpha value is -0.920. The van der Waals surface area contributed by atoms with Crippen molar-refractivity contribution in [1.82, 2.24) is 9.78 Å². The van der Waals surface area contributed by atoms with Crippen molar-refractivity contribution < 1.29 is 10.2 Å². The third kappa shape index (κ3) is 3.52. The zero-order valence-corrected chi connectivity index (χ0v) is 11.1. The summed E-state index contributed by atoms with van der Waals surface area (Å²) in [5.74, 6) is 0. The molecule has 0 spiro atoms. The van der Waals surface area contributed by atoms with Crippen molar-refractivity contribution in [2.24, 2.45) is 0 Å². The van der Waals surface area contributed by atoms with E-state index in [0.717, 1.165) is 6.42 Å². The molecule has 0 fully saturated rings. The lowest BCUT2D eigenvalue weighted by molar-refractivity contribution is 0.265. The van der Waals surface area contributed by atoms with E-state index in [0.29, 0.717) is 10.2 Å². The predicted octanol–water partition coefficient (Wildman–Crippen LogP) is 0.181. The molecule has 17 heavy (non-hydrogen) atoms. The van der Waals surface area contributed by atoms with Crippen LogP contribution in [0.5, 0.6) is 0 Å². The first-order chi connectivity index (χ1) is 8.13. The van der Waals surface area contributed by atoms with Gasteiger partial charge in [0.25, 0.3) is 5.56 Å². The molecule has 6 nitrogen and oxygen atoms in total. The molecule has 0 aliphatic carbocycles. The zero-order chi connectivity index (χ0) is 12.8. The van der Waals surface area contributed by atoms with Crippen LogP contribution in [-0.2, 0) is 6.54 Å². The maximum absolute atomic E-state index is 11.8. The van der Waals surface area contributed by atoms with E-state index in [1.165, 1.54) is 10.9 Å². The Morgan fingerprint density at radius 3 is 2.82 bits per heavy atom. The summed E-state index contributed by atoms with van der Waals surface area (Å²) in [7, 11) is 0. The van der Waals surface area contributed by atoms with Crippen molar-refractivity contribution in [3.63, 3.8) is 0 Å². The normalized spacial score (nSPS) is 12.5. The summed E-state index contributed by atoms with van der Waals surface area (Å²) in [5.41, 5.74) is 0.238. The van der Waals surface area contributed by atoms with E-state index in [1.807, 2.05) is 6.92 Å². The van der Waals surface area contributed by atoms with Gasteiger partial charge in [0.1, 0.15) is 4.47 Å². The van der Waals surface area contributed by atoms with Gasteiger partial charge in [-0.05, 0) is 22.4 Å². The van der Waals surface area contributed by atoms with Crippen LogP contribution >= 0.6 is 15.9 Å². The van der Waals surface area contributed by atoms with Crippen LogP contribution in [0.1, 0.15) is 13.3 Å². The smallest absolute Gasteiger partial charge is 0.283 e. The standard InChI is InChI=1S/C10H16BrN3O3/c1-2-7(6-16)13-8-5-12-14(3-4-15)10(17)9(8)11/h5,7,13,15-16H,2-4,6H2,1H3. The summed E-state index contributed by atoms with van der Waals surface area (Å²) in [6.07, 6.45) is 2.24. The number of nitrogens with one attached hydrogen (secondary N) is 1. The van der Waals surface area contributed by atoms with Gasteiger partial charge < -0.3 is 15.5 Å². The molecule has 1 atom stereocenters. The van der Waals surface area contributed by atoms with Crippen molar-refractivity contribution in [3.8, 4) is 0 Å². The van der Waals surface area contributed by atoms with Gasteiger partial charge >= 0.3 is 0 Å². The molecule has 1 heterocycles. The first-order valence-electron chi connectivity index (χ1n) is 5.37. The highest BCUT2D eigenvalue weighted by atomic mass is 79.9. The van der Waals surface area contributed by atoms with Gasteiger partial charge in [-0.25, -0.2) is 4.68 Å². The molecule has 1 aromatic heterocycles. The van der Waals surface area contributed by atoms with Gasteiger partial charge in [0.2, 0.25) is 0 Å². The molecule has 0 saturated heterocycles. The molecule has 96 valence electrons. The first kappa shape index (κ1) is 14.1. The molecule has 0 saturated carbocycles. The summed E-state index contributed by atoms with van der Waals surface area (Å²) in [5, 5.41) is 24.8. The Morgan fingerprint density at radius 2 is 2.29 bits per heavy atom. The molecule has 0 bridgehead atoms.